The van der Waals surface area contributed by atoms with Crippen molar-refractivity contribution in [2.75, 3.05) is 11.5 Å². The van der Waals surface area contributed by atoms with Crippen molar-refractivity contribution in [1.29, 1.82) is 0 Å². The number of para-hydroxylation sites is 1. The van der Waals surface area contributed by atoms with E-state index >= 15 is 0 Å². The maximum Gasteiger partial charge on any atom is 0.0505 e. The lowest BCUT2D eigenvalue weighted by Gasteiger charge is -2.03. The molecular weight excluding hydrogens is 182 g/mol. The summed E-state index contributed by atoms with van der Waals surface area (Å²) in [5.74, 6) is 1.34. The molecule has 0 aromatic heterocycles. The largest absolute Gasteiger partial charge is 0.398 e. The normalized spacial score (nSPS) is 12.7. The monoisotopic (exact) mass is 197 g/mol. The first-order valence-electron chi connectivity index (χ1n) is 4.42. The van der Waals surface area contributed by atoms with Crippen LogP contribution in [-0.4, -0.2) is 9.96 Å². The molecule has 13 heavy (non-hydrogen) atoms. The van der Waals surface area contributed by atoms with Gasteiger partial charge in [0, 0.05) is 22.2 Å². The van der Waals surface area contributed by atoms with Crippen molar-refractivity contribution < 1.29 is 4.21 Å². The number of anilines is 1. The minimum atomic E-state index is -0.761. The molecule has 0 radical (unpaired) electrons. The average Bonchev–Trinajstić information content (AvgIpc) is 2.09. The molecule has 0 bridgehead atoms. The van der Waals surface area contributed by atoms with Gasteiger partial charge in [0.25, 0.3) is 0 Å². The molecule has 1 atom stereocenters. The van der Waals surface area contributed by atoms with Crippen LogP contribution in [0.15, 0.2) is 24.3 Å². The number of nitrogen functional groups attached to an aromatic ring is 1. The minimum absolute atomic E-state index is 0.584. The summed E-state index contributed by atoms with van der Waals surface area (Å²) in [6.45, 7) is 2.03. The van der Waals surface area contributed by atoms with Crippen molar-refractivity contribution >= 4 is 16.5 Å². The van der Waals surface area contributed by atoms with Crippen LogP contribution < -0.4 is 5.73 Å². The molecule has 0 saturated heterocycles. The third-order valence-electron chi connectivity index (χ3n) is 1.80. The molecular formula is C10H15NOS. The molecule has 1 unspecified atom stereocenters. The Kier molecular flexibility index (Phi) is 3.96. The Bertz CT molecular complexity index is 299. The van der Waals surface area contributed by atoms with Gasteiger partial charge in [0.2, 0.25) is 0 Å². The lowest BCUT2D eigenvalue weighted by molar-refractivity contribution is 0.681. The van der Waals surface area contributed by atoms with Crippen LogP contribution in [0.3, 0.4) is 0 Å². The number of hydrogen-bond acceptors (Lipinski definition) is 2. The molecule has 1 rings (SSSR count). The van der Waals surface area contributed by atoms with Gasteiger partial charge in [0.15, 0.2) is 0 Å². The van der Waals surface area contributed by atoms with Crippen molar-refractivity contribution in [1.82, 2.24) is 0 Å². The smallest absolute Gasteiger partial charge is 0.0505 e. The van der Waals surface area contributed by atoms with E-state index in [0.29, 0.717) is 5.75 Å². The van der Waals surface area contributed by atoms with Crippen LogP contribution in [0.1, 0.15) is 18.9 Å². The zero-order valence-corrected chi connectivity index (χ0v) is 8.64. The maximum atomic E-state index is 11.4. The molecule has 0 aliphatic rings. The predicted octanol–water partition coefficient (Wildman–Crippen LogP) is 1.93. The molecule has 0 aliphatic heterocycles. The number of hydrogen-bond donors (Lipinski definition) is 1. The van der Waals surface area contributed by atoms with Crippen LogP contribution in [0.2, 0.25) is 0 Å². The fourth-order valence-electron chi connectivity index (χ4n) is 1.14. The summed E-state index contributed by atoms with van der Waals surface area (Å²) in [6.07, 6.45) is 0.958. The van der Waals surface area contributed by atoms with Gasteiger partial charge in [-0.1, -0.05) is 25.1 Å². The maximum absolute atomic E-state index is 11.4. The number of rotatable bonds is 4. The summed E-state index contributed by atoms with van der Waals surface area (Å²) in [4.78, 5) is 0. The van der Waals surface area contributed by atoms with Gasteiger partial charge in [-0.25, -0.2) is 0 Å². The van der Waals surface area contributed by atoms with Crippen molar-refractivity contribution in [3.63, 3.8) is 0 Å². The third kappa shape index (κ3) is 3.19. The van der Waals surface area contributed by atoms with Gasteiger partial charge in [0.1, 0.15) is 0 Å². The molecule has 1 aromatic carbocycles. The quantitative estimate of drug-likeness (QED) is 0.749. The molecule has 0 fully saturated rings. The molecule has 0 spiro atoms. The molecule has 0 heterocycles. The molecule has 0 amide bonds. The van der Waals surface area contributed by atoms with Gasteiger partial charge in [-0.05, 0) is 18.1 Å². The number of nitrogens with two attached hydrogens (primary N) is 1. The van der Waals surface area contributed by atoms with Gasteiger partial charge in [-0.3, -0.25) is 4.21 Å². The molecule has 0 saturated carbocycles. The van der Waals surface area contributed by atoms with Crippen molar-refractivity contribution in [3.05, 3.63) is 29.8 Å². The van der Waals surface area contributed by atoms with E-state index in [4.69, 9.17) is 5.73 Å². The van der Waals surface area contributed by atoms with E-state index in [2.05, 4.69) is 0 Å². The molecule has 0 aliphatic carbocycles. The highest BCUT2D eigenvalue weighted by atomic mass is 32.2. The van der Waals surface area contributed by atoms with E-state index in [0.717, 1.165) is 23.4 Å². The molecule has 2 nitrogen and oxygen atoms in total. The standard InChI is InChI=1S/C10H15NOS/c1-2-7-13(12)8-9-5-3-4-6-10(9)11/h3-6H,2,7-8,11H2,1H3. The SMILES string of the molecule is CCCS(=O)Cc1ccccc1N. The van der Waals surface area contributed by atoms with Crippen LogP contribution in [0.5, 0.6) is 0 Å². The second-order valence-corrected chi connectivity index (χ2v) is 4.56. The Morgan fingerprint density at radius 3 is 2.69 bits per heavy atom. The van der Waals surface area contributed by atoms with E-state index in [1.165, 1.54) is 0 Å². The molecule has 3 heteroatoms. The summed E-state index contributed by atoms with van der Waals surface area (Å²) in [7, 11) is -0.761. The second-order valence-electron chi connectivity index (χ2n) is 2.99. The molecule has 1 aromatic rings. The Balaban J connectivity index is 2.63. The van der Waals surface area contributed by atoms with Crippen molar-refractivity contribution in [2.24, 2.45) is 0 Å². The van der Waals surface area contributed by atoms with Crippen LogP contribution in [-0.2, 0) is 16.6 Å². The van der Waals surface area contributed by atoms with E-state index in [9.17, 15) is 4.21 Å². The molecule has 2 N–H and O–H groups in total. The zero-order chi connectivity index (χ0) is 9.68. The third-order valence-corrected chi connectivity index (χ3v) is 3.30. The Labute approximate surface area is 81.6 Å². The highest BCUT2D eigenvalue weighted by Gasteiger charge is 2.02. The van der Waals surface area contributed by atoms with E-state index in [1.807, 2.05) is 31.2 Å². The Morgan fingerprint density at radius 2 is 2.08 bits per heavy atom. The van der Waals surface area contributed by atoms with Crippen LogP contribution in [0, 0.1) is 0 Å². The van der Waals surface area contributed by atoms with E-state index in [-0.39, 0.29) is 0 Å². The summed E-state index contributed by atoms with van der Waals surface area (Å²) >= 11 is 0. The topological polar surface area (TPSA) is 43.1 Å². The van der Waals surface area contributed by atoms with E-state index < -0.39 is 10.8 Å². The van der Waals surface area contributed by atoms with Gasteiger partial charge in [0.05, 0.1) is 5.75 Å². The lowest BCUT2D eigenvalue weighted by atomic mass is 10.2. The van der Waals surface area contributed by atoms with Crippen LogP contribution in [0.4, 0.5) is 5.69 Å². The fraction of sp³-hybridized carbons (Fsp3) is 0.400. The second kappa shape index (κ2) is 5.02. The summed E-state index contributed by atoms with van der Waals surface area (Å²) in [5, 5.41) is 0. The first-order chi connectivity index (χ1) is 6.24. The highest BCUT2D eigenvalue weighted by Crippen LogP contribution is 2.12. The highest BCUT2D eigenvalue weighted by molar-refractivity contribution is 7.84. The zero-order valence-electron chi connectivity index (χ0n) is 7.82. The van der Waals surface area contributed by atoms with Gasteiger partial charge in [-0.15, -0.1) is 0 Å². The first-order valence-corrected chi connectivity index (χ1v) is 5.91. The summed E-state index contributed by atoms with van der Waals surface area (Å²) < 4.78 is 11.4. The first kappa shape index (κ1) is 10.3. The van der Waals surface area contributed by atoms with Gasteiger partial charge in [-0.2, -0.15) is 0 Å². The average molecular weight is 197 g/mol. The van der Waals surface area contributed by atoms with E-state index in [1.54, 1.807) is 0 Å². The Hall–Kier alpha value is -0.830. The summed E-state index contributed by atoms with van der Waals surface area (Å²) in [6, 6.07) is 7.60. The molecule has 72 valence electrons. The van der Waals surface area contributed by atoms with Crippen LogP contribution in [0.25, 0.3) is 0 Å². The summed E-state index contributed by atoms with van der Waals surface area (Å²) in [5.41, 5.74) is 7.47. The lowest BCUT2D eigenvalue weighted by Crippen LogP contribution is -2.02. The van der Waals surface area contributed by atoms with Crippen LogP contribution >= 0.6 is 0 Å². The number of benzene rings is 1. The van der Waals surface area contributed by atoms with Gasteiger partial charge < -0.3 is 5.73 Å². The predicted molar refractivity (Wildman–Crippen MR) is 57.9 cm³/mol. The van der Waals surface area contributed by atoms with Crippen molar-refractivity contribution in [3.8, 4) is 0 Å². The van der Waals surface area contributed by atoms with Gasteiger partial charge >= 0.3 is 0 Å². The van der Waals surface area contributed by atoms with Crippen molar-refractivity contribution in [2.45, 2.75) is 19.1 Å². The minimum Gasteiger partial charge on any atom is -0.398 e. The Morgan fingerprint density at radius 1 is 1.38 bits per heavy atom. The fourth-order valence-corrected chi connectivity index (χ4v) is 2.35.